The third-order valence-electron chi connectivity index (χ3n) is 7.48. The Labute approximate surface area is 257 Å². The van der Waals surface area contributed by atoms with Gasteiger partial charge in [0.2, 0.25) is 0 Å². The van der Waals surface area contributed by atoms with Crippen molar-refractivity contribution < 1.29 is 33.4 Å². The van der Waals surface area contributed by atoms with E-state index in [9.17, 15) is 24.0 Å². The maximum absolute atomic E-state index is 13.7. The molecule has 9 nitrogen and oxygen atoms in total. The highest BCUT2D eigenvalue weighted by molar-refractivity contribution is 6.42. The summed E-state index contributed by atoms with van der Waals surface area (Å²) in [5.41, 5.74) is 0.490. The van der Waals surface area contributed by atoms with E-state index in [4.69, 9.17) is 32.7 Å². The number of fused-ring (bicyclic) bond motifs is 1. The van der Waals surface area contributed by atoms with E-state index in [1.165, 1.54) is 55.6 Å². The zero-order chi connectivity index (χ0) is 30.8. The molecule has 1 fully saturated rings. The Hall–Kier alpha value is -4.47. The van der Waals surface area contributed by atoms with Crippen molar-refractivity contribution in [2.45, 2.75) is 13.3 Å². The van der Waals surface area contributed by atoms with Gasteiger partial charge in [-0.3, -0.25) is 19.2 Å². The molecule has 3 aromatic carbocycles. The lowest BCUT2D eigenvalue weighted by molar-refractivity contribution is -0.154. The minimum Gasteiger partial charge on any atom is -0.497 e. The van der Waals surface area contributed by atoms with Gasteiger partial charge in [0.1, 0.15) is 18.0 Å². The van der Waals surface area contributed by atoms with E-state index >= 15 is 0 Å². The molecule has 3 aromatic rings. The van der Waals surface area contributed by atoms with Crippen LogP contribution < -0.4 is 9.47 Å². The van der Waals surface area contributed by atoms with Crippen molar-refractivity contribution >= 4 is 52.7 Å². The minimum absolute atomic E-state index is 0.0450. The second-order valence-electron chi connectivity index (χ2n) is 10.2. The summed E-state index contributed by atoms with van der Waals surface area (Å²) in [5, 5.41) is 1.98. The van der Waals surface area contributed by atoms with Gasteiger partial charge in [0, 0.05) is 11.1 Å². The van der Waals surface area contributed by atoms with Crippen molar-refractivity contribution in [1.82, 2.24) is 10.0 Å². The Kier molecular flexibility index (Phi) is 8.66. The predicted octanol–water partition coefficient (Wildman–Crippen LogP) is 5.66. The van der Waals surface area contributed by atoms with Crippen molar-refractivity contribution in [1.29, 1.82) is 0 Å². The average Bonchev–Trinajstić information content (AvgIpc) is 3.27. The number of imide groups is 1. The summed E-state index contributed by atoms with van der Waals surface area (Å²) in [5.74, 6) is -3.85. The molecule has 0 N–H and O–H groups in total. The number of carbonyl (C=O) groups excluding carboxylic acids is 5. The second-order valence-corrected chi connectivity index (χ2v) is 11.0. The lowest BCUT2D eigenvalue weighted by Crippen LogP contribution is -2.52. The summed E-state index contributed by atoms with van der Waals surface area (Å²) in [6.45, 7) is 1.22. The van der Waals surface area contributed by atoms with Crippen molar-refractivity contribution in [2.75, 3.05) is 13.7 Å². The molecule has 0 radical (unpaired) electrons. The highest BCUT2D eigenvalue weighted by Gasteiger charge is 2.53. The highest BCUT2D eigenvalue weighted by atomic mass is 35.5. The van der Waals surface area contributed by atoms with Crippen LogP contribution in [-0.2, 0) is 9.59 Å². The zero-order valence-corrected chi connectivity index (χ0v) is 24.7. The van der Waals surface area contributed by atoms with Gasteiger partial charge in [-0.15, -0.1) is 0 Å². The maximum Gasteiger partial charge on any atom is 0.343 e. The summed E-state index contributed by atoms with van der Waals surface area (Å²) in [6.07, 6.45) is 4.07. The van der Waals surface area contributed by atoms with Crippen LogP contribution in [0.2, 0.25) is 10.0 Å². The van der Waals surface area contributed by atoms with Gasteiger partial charge < -0.3 is 9.47 Å². The Bertz CT molecular complexity index is 1650. The van der Waals surface area contributed by atoms with Crippen LogP contribution in [0, 0.1) is 17.8 Å². The van der Waals surface area contributed by atoms with Crippen LogP contribution in [0.5, 0.6) is 11.5 Å². The average molecular weight is 621 g/mol. The van der Waals surface area contributed by atoms with Crippen LogP contribution in [0.3, 0.4) is 0 Å². The molecule has 1 aliphatic carbocycles. The summed E-state index contributed by atoms with van der Waals surface area (Å²) in [6, 6.07) is 16.3. The van der Waals surface area contributed by atoms with E-state index in [0.717, 1.165) is 10.0 Å². The number of hydrogen-bond acceptors (Lipinski definition) is 7. The Balaban J connectivity index is 1.39. The number of benzene rings is 3. The molecule has 0 aromatic heterocycles. The van der Waals surface area contributed by atoms with Gasteiger partial charge in [0.25, 0.3) is 17.7 Å². The molecule has 1 heterocycles. The lowest BCUT2D eigenvalue weighted by Gasteiger charge is -2.30. The summed E-state index contributed by atoms with van der Waals surface area (Å²) >= 11 is 12.2. The predicted molar refractivity (Wildman–Crippen MR) is 158 cm³/mol. The molecule has 0 bridgehead atoms. The van der Waals surface area contributed by atoms with Gasteiger partial charge in [0.05, 0.1) is 34.6 Å². The van der Waals surface area contributed by atoms with Gasteiger partial charge in [-0.05, 0) is 73.0 Å². The Morgan fingerprint density at radius 1 is 0.884 bits per heavy atom. The van der Waals surface area contributed by atoms with Crippen LogP contribution in [0.1, 0.15) is 44.4 Å². The first-order valence-electron chi connectivity index (χ1n) is 13.4. The molecule has 3 amide bonds. The smallest absolute Gasteiger partial charge is 0.343 e. The number of amides is 3. The molecule has 43 heavy (non-hydrogen) atoms. The first-order chi connectivity index (χ1) is 20.6. The molecule has 11 heteroatoms. The van der Waals surface area contributed by atoms with Gasteiger partial charge in [0.15, 0.2) is 5.78 Å². The Morgan fingerprint density at radius 3 is 2.28 bits per heavy atom. The van der Waals surface area contributed by atoms with Crippen molar-refractivity contribution in [3.63, 3.8) is 0 Å². The first kappa shape index (κ1) is 30.0. The quantitative estimate of drug-likeness (QED) is 0.105. The van der Waals surface area contributed by atoms with Gasteiger partial charge in [-0.25, -0.2) is 9.80 Å². The number of ether oxygens (including phenoxy) is 2. The van der Waals surface area contributed by atoms with Gasteiger partial charge in [-0.2, -0.15) is 5.01 Å². The lowest BCUT2D eigenvalue weighted by atomic mass is 9.78. The molecule has 0 spiro atoms. The molecule has 1 saturated heterocycles. The number of ketones is 1. The fourth-order valence-electron chi connectivity index (χ4n) is 5.23. The topological polar surface area (TPSA) is 110 Å². The van der Waals surface area contributed by atoms with E-state index < -0.39 is 47.9 Å². The summed E-state index contributed by atoms with van der Waals surface area (Å²) in [4.78, 5) is 66.8. The van der Waals surface area contributed by atoms with E-state index in [-0.39, 0.29) is 38.4 Å². The Morgan fingerprint density at radius 2 is 1.60 bits per heavy atom. The molecule has 0 saturated carbocycles. The number of halogens is 2. The molecular weight excluding hydrogens is 595 g/mol. The van der Waals surface area contributed by atoms with E-state index in [1.54, 1.807) is 18.2 Å². The number of hydrogen-bond donors (Lipinski definition) is 0. The summed E-state index contributed by atoms with van der Waals surface area (Å²) in [7, 11) is 1.49. The number of nitrogens with zero attached hydrogens (tertiary/aromatic N) is 2. The number of methoxy groups -OCH3 is 1. The fourth-order valence-corrected chi connectivity index (χ4v) is 5.53. The zero-order valence-electron chi connectivity index (χ0n) is 23.2. The number of allylic oxidation sites excluding steroid dienone is 2. The first-order valence-corrected chi connectivity index (χ1v) is 14.2. The van der Waals surface area contributed by atoms with E-state index in [2.05, 4.69) is 0 Å². The van der Waals surface area contributed by atoms with E-state index in [0.29, 0.717) is 12.2 Å². The number of esters is 1. The molecule has 2 aliphatic rings. The summed E-state index contributed by atoms with van der Waals surface area (Å²) < 4.78 is 10.5. The largest absolute Gasteiger partial charge is 0.497 e. The molecule has 5 rings (SSSR count). The van der Waals surface area contributed by atoms with Crippen LogP contribution in [0.4, 0.5) is 0 Å². The van der Waals surface area contributed by atoms with Crippen LogP contribution in [-0.4, -0.2) is 53.1 Å². The normalized spacial score (nSPS) is 19.2. The van der Waals surface area contributed by atoms with Gasteiger partial charge in [-0.1, -0.05) is 48.3 Å². The molecule has 0 unspecified atom stereocenters. The maximum atomic E-state index is 13.7. The molecule has 3 atom stereocenters. The number of carbonyl (C=O) groups is 5. The van der Waals surface area contributed by atoms with Crippen LogP contribution >= 0.6 is 23.2 Å². The number of Topliss-reactive ketones (excluding diaryl/α,β-unsaturated/α-hetero) is 1. The van der Waals surface area contributed by atoms with Crippen molar-refractivity contribution in [2.24, 2.45) is 17.8 Å². The second kappa shape index (κ2) is 12.4. The van der Waals surface area contributed by atoms with Gasteiger partial charge >= 0.3 is 5.97 Å². The molecular formula is C32H26Cl2N2O7. The number of rotatable bonds is 8. The third kappa shape index (κ3) is 6.04. The van der Waals surface area contributed by atoms with E-state index in [1.807, 2.05) is 19.1 Å². The number of hydrazine groups is 1. The van der Waals surface area contributed by atoms with Crippen molar-refractivity contribution in [3.05, 3.63) is 106 Å². The van der Waals surface area contributed by atoms with Crippen LogP contribution in [0.25, 0.3) is 0 Å². The molecule has 220 valence electrons. The monoisotopic (exact) mass is 620 g/mol. The highest BCUT2D eigenvalue weighted by Crippen LogP contribution is 2.39. The third-order valence-corrected chi connectivity index (χ3v) is 8.22. The molecule has 1 aliphatic heterocycles. The minimum atomic E-state index is -0.767. The van der Waals surface area contributed by atoms with Crippen molar-refractivity contribution in [3.8, 4) is 11.5 Å². The SMILES string of the molecule is COc1cccc(C(=O)Oc2ccc(C(=O)CN(C(=O)c3ccc(Cl)c(Cl)c3)N3C(=O)[C@@H]4[C@H](C)C=CC[C@H]4C3=O)cc2)c1. The standard InChI is InChI=1S/C32H26Cl2N2O7/c1-18-5-3-8-24-28(18)31(40)36(30(24)39)35(29(38)20-11-14-25(33)26(34)16-20)17-27(37)19-9-12-22(13-10-19)43-32(41)21-6-4-7-23(15-21)42-2/h3-7,9-16,18,24,28H,8,17H2,1-2H3/t18-,24-,28-/m1/s1. The van der Waals surface area contributed by atoms with Crippen LogP contribution in [0.15, 0.2) is 78.9 Å². The fraction of sp³-hybridized carbons (Fsp3) is 0.219.